The van der Waals surface area contributed by atoms with Crippen LogP contribution in [0.15, 0.2) is 59.6 Å². The smallest absolute Gasteiger partial charge is 0.191 e. The number of ether oxygens (including phenoxy) is 1. The average Bonchev–Trinajstić information content (AvgIpc) is 3.56. The molecule has 1 aliphatic rings. The second kappa shape index (κ2) is 13.6. The molecule has 0 spiro atoms. The van der Waals surface area contributed by atoms with Crippen molar-refractivity contribution in [2.45, 2.75) is 32.1 Å². The fraction of sp³-hybridized carbons (Fsp3) is 0.435. The van der Waals surface area contributed by atoms with Crippen molar-refractivity contribution in [1.29, 1.82) is 0 Å². The predicted molar refractivity (Wildman–Crippen MR) is 136 cm³/mol. The second-order valence-electron chi connectivity index (χ2n) is 7.26. The summed E-state index contributed by atoms with van der Waals surface area (Å²) in [5.41, 5.74) is 2.19. The summed E-state index contributed by atoms with van der Waals surface area (Å²) in [6.45, 7) is 4.77. The van der Waals surface area contributed by atoms with E-state index in [-0.39, 0.29) is 24.0 Å². The first kappa shape index (κ1) is 24.7. The molecular formula is C23H32IN3O2S. The maximum Gasteiger partial charge on any atom is 0.191 e. The Bertz CT molecular complexity index is 813. The Morgan fingerprint density at radius 1 is 1.10 bits per heavy atom. The van der Waals surface area contributed by atoms with Gasteiger partial charge in [0.25, 0.3) is 0 Å². The summed E-state index contributed by atoms with van der Waals surface area (Å²) in [5.74, 6) is 3.55. The Labute approximate surface area is 199 Å². The quantitative estimate of drug-likeness (QED) is 0.256. The summed E-state index contributed by atoms with van der Waals surface area (Å²) in [6, 6.07) is 18.1. The highest BCUT2D eigenvalue weighted by Crippen LogP contribution is 2.30. The average molecular weight is 541 g/mol. The highest BCUT2D eigenvalue weighted by Gasteiger charge is 2.22. The molecule has 2 aromatic rings. The van der Waals surface area contributed by atoms with Crippen molar-refractivity contribution in [3.63, 3.8) is 0 Å². The fourth-order valence-corrected chi connectivity index (χ4v) is 3.93. The van der Waals surface area contributed by atoms with Crippen molar-refractivity contribution in [3.05, 3.63) is 65.7 Å². The van der Waals surface area contributed by atoms with Gasteiger partial charge in [0, 0.05) is 41.0 Å². The first-order chi connectivity index (χ1) is 14.2. The Morgan fingerprint density at radius 2 is 1.83 bits per heavy atom. The third-order valence-electron chi connectivity index (χ3n) is 4.69. The van der Waals surface area contributed by atoms with E-state index in [2.05, 4.69) is 21.7 Å². The van der Waals surface area contributed by atoms with Crippen molar-refractivity contribution < 1.29 is 8.95 Å². The minimum atomic E-state index is -0.902. The summed E-state index contributed by atoms with van der Waals surface area (Å²) in [4.78, 5) is 4.68. The van der Waals surface area contributed by atoms with Crippen LogP contribution >= 0.6 is 24.0 Å². The van der Waals surface area contributed by atoms with Crippen LogP contribution < -0.4 is 15.4 Å². The van der Waals surface area contributed by atoms with Gasteiger partial charge >= 0.3 is 0 Å². The second-order valence-corrected chi connectivity index (χ2v) is 8.83. The van der Waals surface area contributed by atoms with Gasteiger partial charge in [0.05, 0.1) is 13.2 Å². The van der Waals surface area contributed by atoms with E-state index in [9.17, 15) is 4.21 Å². The molecule has 3 rings (SSSR count). The lowest BCUT2D eigenvalue weighted by Gasteiger charge is -2.13. The number of aliphatic imine (C=N–C) groups is 1. The number of hydrogen-bond donors (Lipinski definition) is 2. The molecule has 2 N–H and O–H groups in total. The Hall–Kier alpha value is -1.61. The van der Waals surface area contributed by atoms with E-state index in [1.54, 1.807) is 0 Å². The molecule has 1 unspecified atom stereocenters. The number of guanidine groups is 1. The molecular weight excluding hydrogens is 509 g/mol. The van der Waals surface area contributed by atoms with Gasteiger partial charge in [0.2, 0.25) is 0 Å². The van der Waals surface area contributed by atoms with Crippen LogP contribution in [0.2, 0.25) is 0 Å². The van der Waals surface area contributed by atoms with Crippen molar-refractivity contribution in [1.82, 2.24) is 10.6 Å². The fourth-order valence-electron chi connectivity index (χ4n) is 2.89. The van der Waals surface area contributed by atoms with Gasteiger partial charge < -0.3 is 15.4 Å². The zero-order valence-electron chi connectivity index (χ0n) is 17.5. The monoisotopic (exact) mass is 541 g/mol. The van der Waals surface area contributed by atoms with Gasteiger partial charge in [-0.05, 0) is 37.3 Å². The molecule has 2 aromatic carbocycles. The Balaban J connectivity index is 0.00000320. The summed E-state index contributed by atoms with van der Waals surface area (Å²) >= 11 is 0. The molecule has 0 aliphatic heterocycles. The molecule has 0 saturated heterocycles. The van der Waals surface area contributed by atoms with Crippen LogP contribution in [0.25, 0.3) is 0 Å². The molecule has 1 aliphatic carbocycles. The van der Waals surface area contributed by atoms with Crippen LogP contribution in [-0.2, 0) is 23.1 Å². The third-order valence-corrected chi connectivity index (χ3v) is 6.00. The van der Waals surface area contributed by atoms with Gasteiger partial charge in [-0.1, -0.05) is 48.5 Å². The topological polar surface area (TPSA) is 62.7 Å². The van der Waals surface area contributed by atoms with Crippen molar-refractivity contribution in [2.24, 2.45) is 10.9 Å². The number of nitrogens with zero attached hydrogens (tertiary/aromatic N) is 1. The van der Waals surface area contributed by atoms with Gasteiger partial charge in [-0.2, -0.15) is 0 Å². The molecule has 0 aromatic heterocycles. The minimum absolute atomic E-state index is 0. The number of benzene rings is 2. The Kier molecular flexibility index (Phi) is 11.2. The van der Waals surface area contributed by atoms with E-state index in [4.69, 9.17) is 4.74 Å². The highest BCUT2D eigenvalue weighted by atomic mass is 127. The van der Waals surface area contributed by atoms with Crippen molar-refractivity contribution >= 4 is 40.7 Å². The lowest BCUT2D eigenvalue weighted by Crippen LogP contribution is -2.39. The molecule has 30 heavy (non-hydrogen) atoms. The molecule has 164 valence electrons. The van der Waals surface area contributed by atoms with Crippen LogP contribution in [0.5, 0.6) is 5.75 Å². The van der Waals surface area contributed by atoms with Gasteiger partial charge in [-0.3, -0.25) is 4.21 Å². The number of halogens is 1. The van der Waals surface area contributed by atoms with E-state index in [1.165, 1.54) is 12.8 Å². The number of hydrogen-bond acceptors (Lipinski definition) is 3. The first-order valence-corrected chi connectivity index (χ1v) is 11.8. The molecule has 0 bridgehead atoms. The molecule has 0 radical (unpaired) electrons. The van der Waals surface area contributed by atoms with E-state index < -0.39 is 10.8 Å². The zero-order valence-corrected chi connectivity index (χ0v) is 20.7. The number of para-hydroxylation sites is 1. The first-order valence-electron chi connectivity index (χ1n) is 10.4. The lowest BCUT2D eigenvalue weighted by atomic mass is 10.2. The molecule has 1 fully saturated rings. The summed E-state index contributed by atoms with van der Waals surface area (Å²) in [6.07, 6.45) is 2.56. The standard InChI is InChI=1S/C23H31N3O2S.HI/c1-2-24-23(25-14-15-29(27)18-20-8-4-3-5-9-20)26-16-21-10-6-7-11-22(21)28-17-19-12-13-19;/h3-11,19H,2,12-18H2,1H3,(H2,24,25,26);1H. The zero-order chi connectivity index (χ0) is 20.3. The largest absolute Gasteiger partial charge is 0.493 e. The van der Waals surface area contributed by atoms with Crippen LogP contribution in [0.3, 0.4) is 0 Å². The van der Waals surface area contributed by atoms with Crippen LogP contribution in [0.1, 0.15) is 30.9 Å². The highest BCUT2D eigenvalue weighted by molar-refractivity contribution is 14.0. The lowest BCUT2D eigenvalue weighted by molar-refractivity contribution is 0.297. The van der Waals surface area contributed by atoms with E-state index in [0.29, 0.717) is 24.6 Å². The number of nitrogens with one attached hydrogen (secondary N) is 2. The molecule has 1 atom stereocenters. The van der Waals surface area contributed by atoms with E-state index in [0.717, 1.165) is 41.9 Å². The maximum atomic E-state index is 12.3. The summed E-state index contributed by atoms with van der Waals surface area (Å²) in [5, 5.41) is 6.55. The summed E-state index contributed by atoms with van der Waals surface area (Å²) < 4.78 is 18.3. The minimum Gasteiger partial charge on any atom is -0.493 e. The molecule has 1 saturated carbocycles. The molecule has 0 heterocycles. The van der Waals surface area contributed by atoms with Gasteiger partial charge in [0.1, 0.15) is 5.75 Å². The van der Waals surface area contributed by atoms with Crippen LogP contribution in [0, 0.1) is 5.92 Å². The number of rotatable bonds is 11. The Morgan fingerprint density at radius 3 is 2.57 bits per heavy atom. The van der Waals surface area contributed by atoms with Crippen LogP contribution in [0.4, 0.5) is 0 Å². The van der Waals surface area contributed by atoms with E-state index >= 15 is 0 Å². The maximum absolute atomic E-state index is 12.3. The molecule has 5 nitrogen and oxygen atoms in total. The van der Waals surface area contributed by atoms with Crippen molar-refractivity contribution in [3.8, 4) is 5.75 Å². The molecule has 7 heteroatoms. The third kappa shape index (κ3) is 9.04. The van der Waals surface area contributed by atoms with Crippen LogP contribution in [-0.4, -0.2) is 35.6 Å². The predicted octanol–water partition coefficient (Wildman–Crippen LogP) is 4.10. The normalized spacial score (nSPS) is 14.5. The van der Waals surface area contributed by atoms with Crippen molar-refractivity contribution in [2.75, 3.05) is 25.4 Å². The summed E-state index contributed by atoms with van der Waals surface area (Å²) in [7, 11) is -0.902. The van der Waals surface area contributed by atoms with Gasteiger partial charge in [0.15, 0.2) is 5.96 Å². The van der Waals surface area contributed by atoms with Gasteiger partial charge in [-0.15, -0.1) is 24.0 Å². The van der Waals surface area contributed by atoms with E-state index in [1.807, 2.05) is 55.5 Å². The van der Waals surface area contributed by atoms with Gasteiger partial charge in [-0.25, -0.2) is 4.99 Å². The molecule has 0 amide bonds. The SMILES string of the molecule is CCNC(=NCc1ccccc1OCC1CC1)NCCS(=O)Cc1ccccc1.I.